The molecule has 15 heavy (non-hydrogen) atoms. The molecule has 0 saturated carbocycles. The number of nitroso groups, excluding NO2 is 1. The maximum absolute atomic E-state index is 11.6. The zero-order chi connectivity index (χ0) is 11.2. The van der Waals surface area contributed by atoms with E-state index in [2.05, 4.69) is 10.3 Å². The normalized spacial score (nSPS) is 10.8. The maximum Gasteiger partial charge on any atom is 0.356 e. The van der Waals surface area contributed by atoms with E-state index in [9.17, 15) is 14.5 Å². The van der Waals surface area contributed by atoms with Crippen LogP contribution in [0.15, 0.2) is 21.2 Å². The molecular formula is C7H7N5O3. The second-order valence-electron chi connectivity index (χ2n) is 3.07. The minimum Gasteiger partial charge on any atom is -0.328 e. The van der Waals surface area contributed by atoms with Gasteiger partial charge in [-0.25, -0.2) is 9.78 Å². The predicted molar refractivity (Wildman–Crippen MR) is 51.4 cm³/mol. The van der Waals surface area contributed by atoms with Crippen molar-refractivity contribution in [3.8, 4) is 0 Å². The van der Waals surface area contributed by atoms with Gasteiger partial charge in [-0.05, 0) is 0 Å². The summed E-state index contributed by atoms with van der Waals surface area (Å²) in [6, 6.07) is 0. The van der Waals surface area contributed by atoms with Gasteiger partial charge >= 0.3 is 5.69 Å². The highest BCUT2D eigenvalue weighted by Crippen LogP contribution is 2.03. The number of imidazole rings is 1. The Hall–Kier alpha value is -2.25. The van der Waals surface area contributed by atoms with Gasteiger partial charge in [0.25, 0.3) is 5.56 Å². The lowest BCUT2D eigenvalue weighted by Crippen LogP contribution is -2.37. The number of fused-ring (bicyclic) bond motifs is 1. The van der Waals surface area contributed by atoms with Gasteiger partial charge in [0, 0.05) is 14.1 Å². The minimum absolute atomic E-state index is 0.0272. The molecular weight excluding hydrogens is 202 g/mol. The summed E-state index contributed by atoms with van der Waals surface area (Å²) in [6.07, 6.45) is 1.34. The van der Waals surface area contributed by atoms with E-state index in [-0.39, 0.29) is 11.2 Å². The van der Waals surface area contributed by atoms with E-state index in [4.69, 9.17) is 0 Å². The molecule has 0 spiro atoms. The third-order valence-corrected chi connectivity index (χ3v) is 2.18. The average Bonchev–Trinajstić information content (AvgIpc) is 2.58. The number of aryl methyl sites for hydroxylation is 1. The lowest BCUT2D eigenvalue weighted by Gasteiger charge is -2.00. The number of rotatable bonds is 1. The molecule has 0 fully saturated rings. The van der Waals surface area contributed by atoms with Crippen LogP contribution < -0.4 is 11.2 Å². The fourth-order valence-electron chi connectivity index (χ4n) is 1.37. The Bertz CT molecular complexity index is 662. The number of nitrogens with zero attached hydrogens (tertiary/aromatic N) is 5. The lowest BCUT2D eigenvalue weighted by atomic mass is 10.5. The van der Waals surface area contributed by atoms with Crippen molar-refractivity contribution in [2.75, 3.05) is 0 Å². The van der Waals surface area contributed by atoms with Gasteiger partial charge in [-0.3, -0.25) is 9.36 Å². The number of hydrogen-bond acceptors (Lipinski definition) is 5. The van der Waals surface area contributed by atoms with E-state index >= 15 is 0 Å². The van der Waals surface area contributed by atoms with Crippen LogP contribution in [0.3, 0.4) is 0 Å². The van der Waals surface area contributed by atoms with Crippen molar-refractivity contribution in [2.24, 2.45) is 19.4 Å². The smallest absolute Gasteiger partial charge is 0.328 e. The van der Waals surface area contributed by atoms with Gasteiger partial charge in [-0.15, -0.1) is 9.58 Å². The number of hydrogen-bond donors (Lipinski definition) is 0. The van der Waals surface area contributed by atoms with Crippen molar-refractivity contribution in [1.82, 2.24) is 18.8 Å². The summed E-state index contributed by atoms with van der Waals surface area (Å²) < 4.78 is 2.79. The summed E-state index contributed by atoms with van der Waals surface area (Å²) >= 11 is 0. The van der Waals surface area contributed by atoms with Gasteiger partial charge in [-0.1, -0.05) is 0 Å². The lowest BCUT2D eigenvalue weighted by molar-refractivity contribution is 0.690. The van der Waals surface area contributed by atoms with Crippen LogP contribution in [0.25, 0.3) is 11.2 Å². The minimum atomic E-state index is -0.804. The van der Waals surface area contributed by atoms with E-state index < -0.39 is 11.2 Å². The molecule has 8 heteroatoms. The molecule has 0 atom stereocenters. The molecule has 0 bridgehead atoms. The van der Waals surface area contributed by atoms with Gasteiger partial charge in [0.15, 0.2) is 11.2 Å². The van der Waals surface area contributed by atoms with Crippen LogP contribution in [0, 0.1) is 4.91 Å². The quantitative estimate of drug-likeness (QED) is 0.561. The van der Waals surface area contributed by atoms with E-state index in [1.165, 1.54) is 17.9 Å². The molecule has 2 aromatic rings. The maximum atomic E-state index is 11.6. The summed E-state index contributed by atoms with van der Waals surface area (Å²) in [5.74, 6) is 0. The second kappa shape index (κ2) is 2.87. The first-order valence-electron chi connectivity index (χ1n) is 4.04. The topological polar surface area (TPSA) is 91.2 Å². The Kier molecular flexibility index (Phi) is 1.78. The van der Waals surface area contributed by atoms with E-state index in [1.807, 2.05) is 0 Å². The molecule has 0 aliphatic rings. The highest BCUT2D eigenvalue weighted by molar-refractivity contribution is 5.69. The summed E-state index contributed by atoms with van der Waals surface area (Å²) in [5, 5.41) is 2.53. The van der Waals surface area contributed by atoms with Crippen molar-refractivity contribution in [1.29, 1.82) is 0 Å². The van der Waals surface area contributed by atoms with Crippen LogP contribution in [0.1, 0.15) is 0 Å². The van der Waals surface area contributed by atoms with E-state index in [0.29, 0.717) is 4.68 Å². The molecule has 0 aliphatic heterocycles. The summed E-state index contributed by atoms with van der Waals surface area (Å²) in [7, 11) is 2.87. The number of aromatic nitrogens is 4. The molecule has 2 aromatic heterocycles. The van der Waals surface area contributed by atoms with Crippen LogP contribution in [0.5, 0.6) is 0 Å². The summed E-state index contributed by atoms with van der Waals surface area (Å²) in [6.45, 7) is 0. The van der Waals surface area contributed by atoms with Crippen molar-refractivity contribution in [3.63, 3.8) is 0 Å². The van der Waals surface area contributed by atoms with Crippen molar-refractivity contribution in [3.05, 3.63) is 32.1 Å². The zero-order valence-electron chi connectivity index (χ0n) is 8.04. The van der Waals surface area contributed by atoms with Gasteiger partial charge in [0.05, 0.1) is 11.6 Å². The molecule has 78 valence electrons. The van der Waals surface area contributed by atoms with Crippen LogP contribution in [-0.2, 0) is 14.1 Å². The Labute approximate surface area is 82.3 Å². The largest absolute Gasteiger partial charge is 0.356 e. The summed E-state index contributed by atoms with van der Waals surface area (Å²) in [4.78, 5) is 37.3. The molecule has 0 aromatic carbocycles. The Balaban J connectivity index is 3.22. The van der Waals surface area contributed by atoms with Crippen molar-refractivity contribution >= 4 is 11.2 Å². The molecule has 0 radical (unpaired) electrons. The molecule has 8 nitrogen and oxygen atoms in total. The Morgan fingerprint density at radius 1 is 1.33 bits per heavy atom. The monoisotopic (exact) mass is 209 g/mol. The van der Waals surface area contributed by atoms with Crippen molar-refractivity contribution in [2.45, 2.75) is 0 Å². The summed E-state index contributed by atoms with van der Waals surface area (Å²) in [5.41, 5.74) is -1.17. The van der Waals surface area contributed by atoms with Crippen LogP contribution in [0.2, 0.25) is 0 Å². The molecule has 2 rings (SSSR count). The SMILES string of the molecule is Cn1c(=O)c2c(ncn2C)n(N=O)c1=O. The molecule has 0 N–H and O–H groups in total. The predicted octanol–water partition coefficient (Wildman–Crippen LogP) is -1.04. The van der Waals surface area contributed by atoms with Gasteiger partial charge < -0.3 is 4.57 Å². The molecule has 2 heterocycles. The third-order valence-electron chi connectivity index (χ3n) is 2.18. The molecule has 0 aliphatic carbocycles. The van der Waals surface area contributed by atoms with Gasteiger partial charge in [0.2, 0.25) is 0 Å². The van der Waals surface area contributed by atoms with Gasteiger partial charge in [-0.2, -0.15) is 0 Å². The molecule has 0 unspecified atom stereocenters. The third kappa shape index (κ3) is 1.04. The van der Waals surface area contributed by atoms with E-state index in [0.717, 1.165) is 4.57 Å². The first-order valence-corrected chi connectivity index (χ1v) is 4.04. The molecule has 0 amide bonds. The van der Waals surface area contributed by atoms with Gasteiger partial charge in [0.1, 0.15) is 0 Å². The Morgan fingerprint density at radius 2 is 2.00 bits per heavy atom. The highest BCUT2D eigenvalue weighted by atomic mass is 16.3. The van der Waals surface area contributed by atoms with E-state index in [1.54, 1.807) is 7.05 Å². The first-order chi connectivity index (χ1) is 7.07. The molecule has 0 saturated heterocycles. The second-order valence-corrected chi connectivity index (χ2v) is 3.07. The average molecular weight is 209 g/mol. The fraction of sp³-hybridized carbons (Fsp3) is 0.286. The van der Waals surface area contributed by atoms with Crippen LogP contribution >= 0.6 is 0 Å². The van der Waals surface area contributed by atoms with Crippen molar-refractivity contribution < 1.29 is 0 Å². The van der Waals surface area contributed by atoms with Crippen LogP contribution in [0.4, 0.5) is 0 Å². The fourth-order valence-corrected chi connectivity index (χ4v) is 1.37. The highest BCUT2D eigenvalue weighted by Gasteiger charge is 2.14. The first kappa shape index (κ1) is 9.31. The Morgan fingerprint density at radius 3 is 2.60 bits per heavy atom. The standard InChI is InChI=1S/C7H7N5O3/c1-10-3-8-5-4(10)6(13)11(2)7(14)12(5)9-15/h3H,1-2H3. The zero-order valence-corrected chi connectivity index (χ0v) is 8.04. The van der Waals surface area contributed by atoms with Crippen LogP contribution in [-0.4, -0.2) is 18.8 Å².